The molecule has 4 nitrogen and oxygen atoms in total. The molecule has 1 atom stereocenters. The zero-order chi connectivity index (χ0) is 17.7. The molecule has 126 valence electrons. The number of nitrogens with one attached hydrogen (secondary N) is 1. The number of carbonyl (C=O) groups excluding carboxylic acids is 2. The number of hydrogen-bond donors (Lipinski definition) is 1. The Morgan fingerprint density at radius 3 is 2.58 bits per heavy atom. The number of methoxy groups -OCH3 is 1. The van der Waals surface area contributed by atoms with Crippen LogP contribution in [0.2, 0.25) is 10.0 Å². The van der Waals surface area contributed by atoms with E-state index in [4.69, 9.17) is 27.9 Å². The fourth-order valence-corrected chi connectivity index (χ4v) is 2.96. The Labute approximate surface area is 158 Å². The number of carbonyl (C=O) groups is 2. The maximum absolute atomic E-state index is 12.4. The minimum Gasteiger partial charge on any atom is -0.467 e. The van der Waals surface area contributed by atoms with Crippen molar-refractivity contribution in [3.8, 4) is 0 Å². The van der Waals surface area contributed by atoms with Crippen molar-refractivity contribution in [3.05, 3.63) is 68.1 Å². The van der Waals surface area contributed by atoms with Gasteiger partial charge in [-0.1, -0.05) is 51.3 Å². The predicted octanol–water partition coefficient (Wildman–Crippen LogP) is 4.27. The van der Waals surface area contributed by atoms with Crippen LogP contribution in [0.1, 0.15) is 15.9 Å². The van der Waals surface area contributed by atoms with Crippen LogP contribution in [0.4, 0.5) is 0 Å². The fraction of sp³-hybridized carbons (Fsp3) is 0.176. The summed E-state index contributed by atoms with van der Waals surface area (Å²) in [4.78, 5) is 24.4. The molecule has 0 aromatic heterocycles. The number of hydrogen-bond acceptors (Lipinski definition) is 3. The van der Waals surface area contributed by atoms with E-state index in [1.807, 2.05) is 0 Å². The highest BCUT2D eigenvalue weighted by atomic mass is 79.9. The third kappa shape index (κ3) is 4.72. The number of esters is 1. The summed E-state index contributed by atoms with van der Waals surface area (Å²) in [6, 6.07) is 11.0. The summed E-state index contributed by atoms with van der Waals surface area (Å²) >= 11 is 15.4. The van der Waals surface area contributed by atoms with Gasteiger partial charge in [-0.15, -0.1) is 0 Å². The van der Waals surface area contributed by atoms with E-state index in [1.165, 1.54) is 7.11 Å². The van der Waals surface area contributed by atoms with Gasteiger partial charge in [0.25, 0.3) is 5.91 Å². The second kappa shape index (κ2) is 8.51. The summed E-state index contributed by atoms with van der Waals surface area (Å²) in [5.74, 6) is -1.00. The highest BCUT2D eigenvalue weighted by molar-refractivity contribution is 9.10. The van der Waals surface area contributed by atoms with Crippen LogP contribution in [0.25, 0.3) is 0 Å². The first-order valence-electron chi connectivity index (χ1n) is 6.99. The van der Waals surface area contributed by atoms with Gasteiger partial charge in [-0.05, 0) is 35.9 Å². The molecule has 0 heterocycles. The third-order valence-corrected chi connectivity index (χ3v) is 4.68. The van der Waals surface area contributed by atoms with E-state index in [0.717, 1.165) is 10.0 Å². The molecule has 1 N–H and O–H groups in total. The summed E-state index contributed by atoms with van der Waals surface area (Å²) in [7, 11) is 1.27. The largest absolute Gasteiger partial charge is 0.467 e. The molecule has 0 bridgehead atoms. The van der Waals surface area contributed by atoms with Crippen molar-refractivity contribution in [1.82, 2.24) is 5.32 Å². The van der Waals surface area contributed by atoms with Crippen molar-refractivity contribution in [2.75, 3.05) is 7.11 Å². The molecule has 0 aliphatic carbocycles. The standard InChI is InChI=1S/C17H14BrCl2NO3/c1-24-17(23)15(9-10-8-11(19)6-7-13(10)18)21-16(22)12-4-2-3-5-14(12)20/h2-8,15H,9H2,1H3,(H,21,22)/t15-/m0/s1. The first-order valence-corrected chi connectivity index (χ1v) is 8.54. The Bertz CT molecular complexity index is 767. The smallest absolute Gasteiger partial charge is 0.328 e. The number of benzene rings is 2. The summed E-state index contributed by atoms with van der Waals surface area (Å²) in [5.41, 5.74) is 1.07. The number of amides is 1. The normalized spacial score (nSPS) is 11.7. The van der Waals surface area contributed by atoms with Crippen LogP contribution in [0, 0.1) is 0 Å². The Morgan fingerprint density at radius 2 is 1.92 bits per heavy atom. The lowest BCUT2D eigenvalue weighted by molar-refractivity contribution is -0.142. The molecule has 2 aromatic rings. The Morgan fingerprint density at radius 1 is 1.21 bits per heavy atom. The Kier molecular flexibility index (Phi) is 6.66. The lowest BCUT2D eigenvalue weighted by Crippen LogP contribution is -2.43. The molecule has 0 fully saturated rings. The topological polar surface area (TPSA) is 55.4 Å². The summed E-state index contributed by atoms with van der Waals surface area (Å²) in [6.07, 6.45) is 0.226. The molecular formula is C17H14BrCl2NO3. The monoisotopic (exact) mass is 429 g/mol. The van der Waals surface area contributed by atoms with E-state index in [9.17, 15) is 9.59 Å². The van der Waals surface area contributed by atoms with E-state index >= 15 is 0 Å². The zero-order valence-electron chi connectivity index (χ0n) is 12.7. The van der Waals surface area contributed by atoms with Gasteiger partial charge in [-0.3, -0.25) is 4.79 Å². The number of rotatable bonds is 5. The van der Waals surface area contributed by atoms with E-state index < -0.39 is 17.9 Å². The van der Waals surface area contributed by atoms with Crippen LogP contribution in [0.5, 0.6) is 0 Å². The average molecular weight is 431 g/mol. The number of halogens is 3. The molecule has 1 amide bonds. The van der Waals surface area contributed by atoms with Gasteiger partial charge < -0.3 is 10.1 Å². The third-order valence-electron chi connectivity index (χ3n) is 3.34. The van der Waals surface area contributed by atoms with E-state index in [1.54, 1.807) is 42.5 Å². The summed E-state index contributed by atoms with van der Waals surface area (Å²) < 4.78 is 5.57. The molecule has 0 saturated heterocycles. The zero-order valence-corrected chi connectivity index (χ0v) is 15.8. The Hall–Kier alpha value is -1.56. The van der Waals surface area contributed by atoms with Gasteiger partial charge in [0.15, 0.2) is 0 Å². The molecule has 0 aliphatic heterocycles. The van der Waals surface area contributed by atoms with Crippen molar-refractivity contribution in [2.24, 2.45) is 0 Å². The van der Waals surface area contributed by atoms with Gasteiger partial charge in [0.2, 0.25) is 0 Å². The van der Waals surface area contributed by atoms with Crippen LogP contribution >= 0.6 is 39.1 Å². The van der Waals surface area contributed by atoms with E-state index in [-0.39, 0.29) is 6.42 Å². The van der Waals surface area contributed by atoms with Crippen LogP contribution in [-0.4, -0.2) is 25.0 Å². The molecule has 0 unspecified atom stereocenters. The van der Waals surface area contributed by atoms with Crippen molar-refractivity contribution < 1.29 is 14.3 Å². The van der Waals surface area contributed by atoms with E-state index in [0.29, 0.717) is 15.6 Å². The maximum Gasteiger partial charge on any atom is 0.328 e. The van der Waals surface area contributed by atoms with Crippen molar-refractivity contribution >= 4 is 51.0 Å². The van der Waals surface area contributed by atoms with Crippen LogP contribution in [-0.2, 0) is 16.0 Å². The molecule has 0 saturated carbocycles. The maximum atomic E-state index is 12.4. The van der Waals surface area contributed by atoms with Crippen molar-refractivity contribution in [1.29, 1.82) is 0 Å². The first kappa shape index (κ1) is 18.8. The molecular weight excluding hydrogens is 417 g/mol. The van der Waals surface area contributed by atoms with Gasteiger partial charge in [-0.25, -0.2) is 4.79 Å². The summed E-state index contributed by atoms with van der Waals surface area (Å²) in [6.45, 7) is 0. The molecule has 2 rings (SSSR count). The van der Waals surface area contributed by atoms with Gasteiger partial charge in [0, 0.05) is 15.9 Å². The SMILES string of the molecule is COC(=O)[C@H](Cc1cc(Cl)ccc1Br)NC(=O)c1ccccc1Cl. The van der Waals surface area contributed by atoms with Crippen LogP contribution in [0.15, 0.2) is 46.9 Å². The van der Waals surface area contributed by atoms with Crippen LogP contribution < -0.4 is 5.32 Å². The molecule has 24 heavy (non-hydrogen) atoms. The van der Waals surface area contributed by atoms with Gasteiger partial charge in [0.05, 0.1) is 17.7 Å². The predicted molar refractivity (Wildman–Crippen MR) is 97.6 cm³/mol. The van der Waals surface area contributed by atoms with Crippen LogP contribution in [0.3, 0.4) is 0 Å². The van der Waals surface area contributed by atoms with Crippen molar-refractivity contribution in [3.63, 3.8) is 0 Å². The number of ether oxygens (including phenoxy) is 1. The molecule has 7 heteroatoms. The highest BCUT2D eigenvalue weighted by Gasteiger charge is 2.24. The van der Waals surface area contributed by atoms with Gasteiger partial charge >= 0.3 is 5.97 Å². The quantitative estimate of drug-likeness (QED) is 0.720. The first-order chi connectivity index (χ1) is 11.4. The molecule has 2 aromatic carbocycles. The second-order valence-electron chi connectivity index (χ2n) is 4.97. The second-order valence-corrected chi connectivity index (χ2v) is 6.67. The highest BCUT2D eigenvalue weighted by Crippen LogP contribution is 2.23. The minimum atomic E-state index is -0.867. The minimum absolute atomic E-state index is 0.226. The average Bonchev–Trinajstić information content (AvgIpc) is 2.57. The summed E-state index contributed by atoms with van der Waals surface area (Å²) in [5, 5.41) is 3.50. The fourth-order valence-electron chi connectivity index (χ4n) is 2.14. The van der Waals surface area contributed by atoms with Gasteiger partial charge in [-0.2, -0.15) is 0 Å². The van der Waals surface area contributed by atoms with Gasteiger partial charge in [0.1, 0.15) is 6.04 Å². The molecule has 0 aliphatic rings. The molecule has 0 spiro atoms. The van der Waals surface area contributed by atoms with Crippen molar-refractivity contribution in [2.45, 2.75) is 12.5 Å². The lowest BCUT2D eigenvalue weighted by atomic mass is 10.1. The Balaban J connectivity index is 2.23. The van der Waals surface area contributed by atoms with E-state index in [2.05, 4.69) is 21.2 Å². The molecule has 0 radical (unpaired) electrons. The lowest BCUT2D eigenvalue weighted by Gasteiger charge is -2.18.